The fourth-order valence-electron chi connectivity index (χ4n) is 2.64. The monoisotopic (exact) mass is 263 g/mol. The molecule has 0 aliphatic heterocycles. The van der Waals surface area contributed by atoms with Gasteiger partial charge < -0.3 is 10.3 Å². The van der Waals surface area contributed by atoms with Crippen molar-refractivity contribution < 1.29 is 17.7 Å². The van der Waals surface area contributed by atoms with Gasteiger partial charge in [-0.1, -0.05) is 25.4 Å². The first kappa shape index (κ1) is 13.3. The molecule has 0 radical (unpaired) electrons. The molecule has 2 N–H and O–H groups in total. The van der Waals surface area contributed by atoms with E-state index < -0.39 is 17.6 Å². The molecule has 0 spiro atoms. The van der Waals surface area contributed by atoms with Crippen molar-refractivity contribution in [3.8, 4) is 0 Å². The highest BCUT2D eigenvalue weighted by Crippen LogP contribution is 2.44. The second-order valence-electron chi connectivity index (χ2n) is 5.77. The van der Waals surface area contributed by atoms with Gasteiger partial charge in [-0.2, -0.15) is 18.2 Å². The SMILES string of the molecule is CC1(C)CCCC(N)(c2noc(C(F)(F)F)n2)C1. The standard InChI is InChI=1S/C11H16F3N3O/c1-9(2)4-3-5-10(15,6-9)7-16-8(18-17-7)11(12,13)14/h3-6,15H2,1-2H3. The second kappa shape index (κ2) is 3.94. The Balaban J connectivity index is 2.28. The number of nitrogens with two attached hydrogens (primary N) is 1. The molecular formula is C11H16F3N3O. The lowest BCUT2D eigenvalue weighted by Gasteiger charge is -2.40. The van der Waals surface area contributed by atoms with Crippen LogP contribution in [0.25, 0.3) is 0 Å². The lowest BCUT2D eigenvalue weighted by Crippen LogP contribution is -2.45. The third-order valence-corrected chi connectivity index (χ3v) is 3.38. The first-order valence-corrected chi connectivity index (χ1v) is 5.83. The number of hydrogen-bond donors (Lipinski definition) is 1. The summed E-state index contributed by atoms with van der Waals surface area (Å²) in [5, 5.41) is 3.41. The molecule has 2 rings (SSSR count). The molecule has 0 aromatic carbocycles. The van der Waals surface area contributed by atoms with E-state index >= 15 is 0 Å². The van der Waals surface area contributed by atoms with Crippen molar-refractivity contribution in [2.75, 3.05) is 0 Å². The summed E-state index contributed by atoms with van der Waals surface area (Å²) in [7, 11) is 0. The van der Waals surface area contributed by atoms with Crippen LogP contribution in [0.1, 0.15) is 51.2 Å². The van der Waals surface area contributed by atoms with E-state index in [1.807, 2.05) is 13.8 Å². The highest BCUT2D eigenvalue weighted by atomic mass is 19.4. The molecule has 1 aromatic rings. The molecule has 0 saturated heterocycles. The van der Waals surface area contributed by atoms with Crippen molar-refractivity contribution in [1.82, 2.24) is 10.1 Å². The lowest BCUT2D eigenvalue weighted by molar-refractivity contribution is -0.159. The van der Waals surface area contributed by atoms with Crippen LogP contribution in [0.3, 0.4) is 0 Å². The number of rotatable bonds is 1. The molecule has 0 amide bonds. The summed E-state index contributed by atoms with van der Waals surface area (Å²) < 4.78 is 41.5. The Bertz CT molecular complexity index is 441. The van der Waals surface area contributed by atoms with Gasteiger partial charge in [0.05, 0.1) is 5.54 Å². The Labute approximate surface area is 103 Å². The summed E-state index contributed by atoms with van der Waals surface area (Å²) in [5.74, 6) is -1.37. The van der Waals surface area contributed by atoms with Gasteiger partial charge in [-0.05, 0) is 24.7 Å². The van der Waals surface area contributed by atoms with Crippen LogP contribution in [0.2, 0.25) is 0 Å². The van der Waals surface area contributed by atoms with Crippen molar-refractivity contribution in [2.24, 2.45) is 11.1 Å². The fraction of sp³-hybridized carbons (Fsp3) is 0.818. The van der Waals surface area contributed by atoms with Crippen LogP contribution in [-0.2, 0) is 11.7 Å². The summed E-state index contributed by atoms with van der Waals surface area (Å²) in [6, 6.07) is 0. The summed E-state index contributed by atoms with van der Waals surface area (Å²) in [4.78, 5) is 3.41. The van der Waals surface area contributed by atoms with Gasteiger partial charge in [0.15, 0.2) is 5.82 Å². The van der Waals surface area contributed by atoms with Gasteiger partial charge >= 0.3 is 12.1 Å². The van der Waals surface area contributed by atoms with Crippen LogP contribution in [-0.4, -0.2) is 10.1 Å². The van der Waals surface area contributed by atoms with Crippen molar-refractivity contribution >= 4 is 0 Å². The maximum absolute atomic E-state index is 12.4. The summed E-state index contributed by atoms with van der Waals surface area (Å²) in [6.07, 6.45) is -1.65. The van der Waals surface area contributed by atoms with Gasteiger partial charge in [0.1, 0.15) is 0 Å². The van der Waals surface area contributed by atoms with Crippen LogP contribution in [0.5, 0.6) is 0 Å². The molecule has 1 atom stereocenters. The van der Waals surface area contributed by atoms with Crippen molar-refractivity contribution in [2.45, 2.75) is 51.2 Å². The predicted molar refractivity (Wildman–Crippen MR) is 57.4 cm³/mol. The number of alkyl halides is 3. The average molecular weight is 263 g/mol. The van der Waals surface area contributed by atoms with Gasteiger partial charge in [-0.15, -0.1) is 0 Å². The van der Waals surface area contributed by atoms with Crippen molar-refractivity contribution in [3.05, 3.63) is 11.7 Å². The van der Waals surface area contributed by atoms with Gasteiger partial charge in [0, 0.05) is 0 Å². The molecule has 1 heterocycles. The number of halogens is 3. The third-order valence-electron chi connectivity index (χ3n) is 3.38. The molecule has 0 bridgehead atoms. The predicted octanol–water partition coefficient (Wildman–Crippen LogP) is 2.84. The van der Waals surface area contributed by atoms with Crippen LogP contribution in [0.4, 0.5) is 13.2 Å². The Morgan fingerprint density at radius 2 is 1.94 bits per heavy atom. The van der Waals surface area contributed by atoms with Gasteiger partial charge in [-0.3, -0.25) is 0 Å². The van der Waals surface area contributed by atoms with Gasteiger partial charge in [0.25, 0.3) is 0 Å². The van der Waals surface area contributed by atoms with Crippen LogP contribution >= 0.6 is 0 Å². The summed E-state index contributed by atoms with van der Waals surface area (Å²) in [6.45, 7) is 4.08. The maximum atomic E-state index is 12.4. The minimum atomic E-state index is -4.62. The molecule has 1 aliphatic rings. The fourth-order valence-corrected chi connectivity index (χ4v) is 2.64. The second-order valence-corrected chi connectivity index (χ2v) is 5.77. The molecule has 4 nitrogen and oxygen atoms in total. The molecule has 102 valence electrons. The highest BCUT2D eigenvalue weighted by Gasteiger charge is 2.45. The molecular weight excluding hydrogens is 247 g/mol. The topological polar surface area (TPSA) is 64.9 Å². The first-order valence-electron chi connectivity index (χ1n) is 5.83. The maximum Gasteiger partial charge on any atom is 0.471 e. The molecule has 1 fully saturated rings. The Kier molecular flexibility index (Phi) is 2.92. The molecule has 1 unspecified atom stereocenters. The minimum absolute atomic E-state index is 0.0218. The van der Waals surface area contributed by atoms with E-state index in [0.29, 0.717) is 12.8 Å². The Morgan fingerprint density at radius 1 is 1.28 bits per heavy atom. The number of nitrogens with zero attached hydrogens (tertiary/aromatic N) is 2. The van der Waals surface area contributed by atoms with E-state index in [2.05, 4.69) is 14.7 Å². The zero-order chi connectivity index (χ0) is 13.6. The largest absolute Gasteiger partial charge is 0.471 e. The van der Waals surface area contributed by atoms with Crippen LogP contribution in [0.15, 0.2) is 4.52 Å². The Morgan fingerprint density at radius 3 is 2.44 bits per heavy atom. The zero-order valence-corrected chi connectivity index (χ0v) is 10.3. The lowest BCUT2D eigenvalue weighted by atomic mass is 9.68. The van der Waals surface area contributed by atoms with Crippen LogP contribution in [0, 0.1) is 5.41 Å². The third kappa shape index (κ3) is 2.50. The van der Waals surface area contributed by atoms with E-state index in [0.717, 1.165) is 12.8 Å². The van der Waals surface area contributed by atoms with E-state index in [9.17, 15) is 13.2 Å². The first-order chi connectivity index (χ1) is 8.12. The van der Waals surface area contributed by atoms with E-state index in [1.54, 1.807) is 0 Å². The van der Waals surface area contributed by atoms with Gasteiger partial charge in [0.2, 0.25) is 0 Å². The smallest absolute Gasteiger partial charge is 0.329 e. The van der Waals surface area contributed by atoms with E-state index in [4.69, 9.17) is 5.73 Å². The van der Waals surface area contributed by atoms with Gasteiger partial charge in [-0.25, -0.2) is 0 Å². The molecule has 18 heavy (non-hydrogen) atoms. The van der Waals surface area contributed by atoms with E-state index in [1.165, 1.54) is 0 Å². The molecule has 1 aliphatic carbocycles. The minimum Gasteiger partial charge on any atom is -0.329 e. The normalized spacial score (nSPS) is 28.3. The van der Waals surface area contributed by atoms with E-state index in [-0.39, 0.29) is 11.2 Å². The van der Waals surface area contributed by atoms with Crippen molar-refractivity contribution in [3.63, 3.8) is 0 Å². The molecule has 1 saturated carbocycles. The van der Waals surface area contributed by atoms with Crippen molar-refractivity contribution in [1.29, 1.82) is 0 Å². The molecule has 7 heteroatoms. The zero-order valence-electron chi connectivity index (χ0n) is 10.3. The molecule has 1 aromatic heterocycles. The van der Waals surface area contributed by atoms with Crippen LogP contribution < -0.4 is 5.73 Å². The average Bonchev–Trinajstić information content (AvgIpc) is 2.63. The summed E-state index contributed by atoms with van der Waals surface area (Å²) >= 11 is 0. The summed E-state index contributed by atoms with van der Waals surface area (Å²) in [5.41, 5.74) is 5.22. The number of hydrogen-bond acceptors (Lipinski definition) is 4. The highest BCUT2D eigenvalue weighted by molar-refractivity contribution is 5.08. The Hall–Kier alpha value is -1.11. The number of aromatic nitrogens is 2. The quantitative estimate of drug-likeness (QED) is 0.846.